The third kappa shape index (κ3) is 1.94. The van der Waals surface area contributed by atoms with Crippen molar-refractivity contribution in [1.82, 2.24) is 15.3 Å². The fraction of sp³-hybridized carbons (Fsp3) is 0.333. The van der Waals surface area contributed by atoms with Crippen LogP contribution in [0, 0.1) is 0 Å². The van der Waals surface area contributed by atoms with Crippen molar-refractivity contribution in [3.05, 3.63) is 16.7 Å². The molecule has 2 aromatic heterocycles. The van der Waals surface area contributed by atoms with Crippen molar-refractivity contribution in [2.24, 2.45) is 0 Å². The maximum absolute atomic E-state index is 12.0. The number of carbonyl (C=O) groups is 2. The predicted octanol–water partition coefficient (Wildman–Crippen LogP) is 1.59. The molecule has 0 radical (unpaired) electrons. The van der Waals surface area contributed by atoms with E-state index in [1.165, 1.54) is 11.3 Å². The van der Waals surface area contributed by atoms with Crippen LogP contribution in [0.25, 0.3) is 10.2 Å². The van der Waals surface area contributed by atoms with E-state index >= 15 is 0 Å². The van der Waals surface area contributed by atoms with E-state index in [9.17, 15) is 9.59 Å². The van der Waals surface area contributed by atoms with Crippen LogP contribution in [0.4, 0.5) is 5.82 Å². The van der Waals surface area contributed by atoms with Crippen molar-refractivity contribution in [1.29, 1.82) is 0 Å². The van der Waals surface area contributed by atoms with Gasteiger partial charge in [0.05, 0.1) is 11.9 Å². The Balaban J connectivity index is 2.20. The molecule has 1 aliphatic heterocycles. The first-order chi connectivity index (χ1) is 9.39. The predicted molar refractivity (Wildman–Crippen MR) is 77.0 cm³/mol. The van der Waals surface area contributed by atoms with Crippen molar-refractivity contribution in [2.75, 3.05) is 11.4 Å². The molecule has 0 saturated carbocycles. The van der Waals surface area contributed by atoms with Gasteiger partial charge < -0.3 is 4.90 Å². The zero-order valence-corrected chi connectivity index (χ0v) is 12.4. The lowest BCUT2D eigenvalue weighted by molar-refractivity contribution is -0.135. The molecule has 0 bridgehead atoms. The van der Waals surface area contributed by atoms with Gasteiger partial charge in [-0.3, -0.25) is 14.9 Å². The number of nitrogens with one attached hydrogen (secondary N) is 1. The largest absolute Gasteiger partial charge is 0.332 e. The van der Waals surface area contributed by atoms with Crippen molar-refractivity contribution >= 4 is 50.8 Å². The number of rotatable bonds is 1. The molecular weight excluding hydrogens is 300 g/mol. The van der Waals surface area contributed by atoms with Crippen LogP contribution in [0.5, 0.6) is 0 Å². The SMILES string of the molecule is CC1(C)C(=O)NC(=O)CN1c1nc(Cl)nc2sccc12. The first-order valence-electron chi connectivity index (χ1n) is 5.92. The second kappa shape index (κ2) is 4.39. The maximum atomic E-state index is 12.0. The minimum atomic E-state index is -0.888. The third-order valence-corrected chi connectivity index (χ3v) is 4.29. The highest BCUT2D eigenvalue weighted by atomic mass is 35.5. The summed E-state index contributed by atoms with van der Waals surface area (Å²) in [6, 6.07) is 1.86. The number of imide groups is 1. The Labute approximate surface area is 123 Å². The van der Waals surface area contributed by atoms with Gasteiger partial charge in [0.1, 0.15) is 16.2 Å². The van der Waals surface area contributed by atoms with Gasteiger partial charge in [-0.1, -0.05) is 0 Å². The van der Waals surface area contributed by atoms with E-state index in [1.807, 2.05) is 11.4 Å². The number of nitrogens with zero attached hydrogens (tertiary/aromatic N) is 3. The molecule has 0 unspecified atom stereocenters. The molecule has 0 aromatic carbocycles. The number of hydrogen-bond acceptors (Lipinski definition) is 6. The average molecular weight is 311 g/mol. The Hall–Kier alpha value is -1.73. The fourth-order valence-corrected chi connectivity index (χ4v) is 3.12. The van der Waals surface area contributed by atoms with Gasteiger partial charge in [0.25, 0.3) is 5.91 Å². The zero-order chi connectivity index (χ0) is 14.5. The second-order valence-electron chi connectivity index (χ2n) is 4.98. The van der Waals surface area contributed by atoms with Gasteiger partial charge in [-0.2, -0.15) is 4.98 Å². The number of carbonyl (C=O) groups excluding carboxylic acids is 2. The number of piperazine rings is 1. The van der Waals surface area contributed by atoms with Crippen LogP contribution in [0.3, 0.4) is 0 Å². The Morgan fingerprint density at radius 2 is 2.15 bits per heavy atom. The van der Waals surface area contributed by atoms with Crippen LogP contribution in [-0.4, -0.2) is 33.9 Å². The van der Waals surface area contributed by atoms with E-state index in [1.54, 1.807) is 18.7 Å². The van der Waals surface area contributed by atoms with Crippen LogP contribution in [-0.2, 0) is 9.59 Å². The van der Waals surface area contributed by atoms with E-state index in [2.05, 4.69) is 15.3 Å². The third-order valence-electron chi connectivity index (χ3n) is 3.32. The van der Waals surface area contributed by atoms with Crippen LogP contribution in [0.15, 0.2) is 11.4 Å². The Morgan fingerprint density at radius 1 is 1.40 bits per heavy atom. The standard InChI is InChI=1S/C12H11ClN4O2S/c1-12(2)10(19)14-7(18)5-17(12)8-6-3-4-20-9(6)16-11(13)15-8/h3-4H,5H2,1-2H3,(H,14,18,19). The van der Waals surface area contributed by atoms with E-state index in [-0.39, 0.29) is 23.6 Å². The molecule has 2 aromatic rings. The lowest BCUT2D eigenvalue weighted by Gasteiger charge is -2.41. The van der Waals surface area contributed by atoms with Crippen LogP contribution < -0.4 is 10.2 Å². The maximum Gasteiger partial charge on any atom is 0.251 e. The molecule has 0 atom stereocenters. The Morgan fingerprint density at radius 3 is 2.90 bits per heavy atom. The zero-order valence-electron chi connectivity index (χ0n) is 10.8. The summed E-state index contributed by atoms with van der Waals surface area (Å²) < 4.78 is 0. The molecule has 3 heterocycles. The minimum Gasteiger partial charge on any atom is -0.332 e. The lowest BCUT2D eigenvalue weighted by Crippen LogP contribution is -2.64. The minimum absolute atomic E-state index is 0.0526. The van der Waals surface area contributed by atoms with Crippen molar-refractivity contribution in [3.8, 4) is 0 Å². The summed E-state index contributed by atoms with van der Waals surface area (Å²) in [5.41, 5.74) is -0.888. The second-order valence-corrected chi connectivity index (χ2v) is 6.21. The number of anilines is 1. The molecule has 0 aliphatic carbocycles. The highest BCUT2D eigenvalue weighted by molar-refractivity contribution is 7.16. The van der Waals surface area contributed by atoms with E-state index < -0.39 is 5.54 Å². The number of halogens is 1. The normalized spacial score (nSPS) is 18.4. The Bertz CT molecular complexity index is 727. The topological polar surface area (TPSA) is 75.2 Å². The van der Waals surface area contributed by atoms with Crippen LogP contribution in [0.2, 0.25) is 5.28 Å². The first-order valence-corrected chi connectivity index (χ1v) is 7.18. The Kier molecular flexibility index (Phi) is 2.91. The molecule has 1 saturated heterocycles. The highest BCUT2D eigenvalue weighted by Gasteiger charge is 2.42. The molecule has 3 rings (SSSR count). The summed E-state index contributed by atoms with van der Waals surface area (Å²) in [4.78, 5) is 34.4. The smallest absolute Gasteiger partial charge is 0.251 e. The molecule has 1 fully saturated rings. The molecule has 104 valence electrons. The van der Waals surface area contributed by atoms with Crippen molar-refractivity contribution in [2.45, 2.75) is 19.4 Å². The number of hydrogen-bond donors (Lipinski definition) is 1. The van der Waals surface area contributed by atoms with Gasteiger partial charge in [0.15, 0.2) is 0 Å². The molecular formula is C12H11ClN4O2S. The average Bonchev–Trinajstić information content (AvgIpc) is 2.81. The quantitative estimate of drug-likeness (QED) is 0.639. The first kappa shape index (κ1) is 13.3. The van der Waals surface area contributed by atoms with Crippen LogP contribution in [0.1, 0.15) is 13.8 Å². The van der Waals surface area contributed by atoms with Gasteiger partial charge in [0.2, 0.25) is 11.2 Å². The summed E-state index contributed by atoms with van der Waals surface area (Å²) in [6.07, 6.45) is 0. The number of aromatic nitrogens is 2. The fourth-order valence-electron chi connectivity index (χ4n) is 2.14. The van der Waals surface area contributed by atoms with E-state index in [4.69, 9.17) is 11.6 Å². The number of fused-ring (bicyclic) bond motifs is 1. The molecule has 8 heteroatoms. The molecule has 1 N–H and O–H groups in total. The monoisotopic (exact) mass is 310 g/mol. The van der Waals surface area contributed by atoms with Gasteiger partial charge in [0, 0.05) is 0 Å². The highest BCUT2D eigenvalue weighted by Crippen LogP contribution is 2.33. The summed E-state index contributed by atoms with van der Waals surface area (Å²) >= 11 is 7.37. The van der Waals surface area contributed by atoms with Gasteiger partial charge >= 0.3 is 0 Å². The van der Waals surface area contributed by atoms with Gasteiger partial charge in [-0.05, 0) is 36.9 Å². The van der Waals surface area contributed by atoms with Gasteiger partial charge in [-0.25, -0.2) is 4.98 Å². The molecule has 2 amide bonds. The number of amides is 2. The van der Waals surface area contributed by atoms with Crippen molar-refractivity contribution in [3.63, 3.8) is 0 Å². The summed E-state index contributed by atoms with van der Waals surface area (Å²) in [6.45, 7) is 3.53. The van der Waals surface area contributed by atoms with E-state index in [0.29, 0.717) is 5.82 Å². The van der Waals surface area contributed by atoms with Crippen molar-refractivity contribution < 1.29 is 9.59 Å². The summed E-state index contributed by atoms with van der Waals surface area (Å²) in [7, 11) is 0. The van der Waals surface area contributed by atoms with Gasteiger partial charge in [-0.15, -0.1) is 11.3 Å². The van der Waals surface area contributed by atoms with E-state index in [0.717, 1.165) is 10.2 Å². The molecule has 20 heavy (non-hydrogen) atoms. The lowest BCUT2D eigenvalue weighted by atomic mass is 9.98. The van der Waals surface area contributed by atoms with Crippen LogP contribution >= 0.6 is 22.9 Å². The molecule has 6 nitrogen and oxygen atoms in total. The number of thiophene rings is 1. The summed E-state index contributed by atoms with van der Waals surface area (Å²) in [5.74, 6) is -0.200. The summed E-state index contributed by atoms with van der Waals surface area (Å²) in [5, 5.41) is 5.09. The molecule has 1 aliphatic rings. The molecule has 0 spiro atoms.